The van der Waals surface area contributed by atoms with Crippen molar-refractivity contribution in [3.63, 3.8) is 0 Å². The molecule has 1 aliphatic rings. The smallest absolute Gasteiger partial charge is 0.137 e. The monoisotopic (exact) mass is 225 g/mol. The Morgan fingerprint density at radius 2 is 2.27 bits per heavy atom. The Hall–Kier alpha value is -0.730. The van der Waals surface area contributed by atoms with Crippen molar-refractivity contribution >= 4 is 11.6 Å². The highest BCUT2D eigenvalue weighted by Gasteiger charge is 2.29. The molecule has 0 spiro atoms. The van der Waals surface area contributed by atoms with E-state index in [9.17, 15) is 0 Å². The summed E-state index contributed by atoms with van der Waals surface area (Å²) in [5.74, 6) is 1.39. The number of ether oxygens (including phenoxy) is 1. The van der Waals surface area contributed by atoms with Gasteiger partial charge in [0, 0.05) is 6.04 Å². The van der Waals surface area contributed by atoms with E-state index in [0.29, 0.717) is 17.5 Å². The van der Waals surface area contributed by atoms with E-state index in [4.69, 9.17) is 22.1 Å². The van der Waals surface area contributed by atoms with Crippen molar-refractivity contribution < 1.29 is 4.74 Å². The van der Waals surface area contributed by atoms with E-state index in [1.54, 1.807) is 0 Å². The maximum atomic E-state index is 6.10. The fraction of sp³-hybridized carbons (Fsp3) is 0.500. The van der Waals surface area contributed by atoms with Crippen LogP contribution in [0.15, 0.2) is 18.2 Å². The molecule has 1 aromatic carbocycles. The third kappa shape index (κ3) is 2.44. The summed E-state index contributed by atoms with van der Waals surface area (Å²) in [6.07, 6.45) is 2.48. The molecule has 15 heavy (non-hydrogen) atoms. The Bertz CT molecular complexity index is 349. The fourth-order valence-electron chi connectivity index (χ4n) is 1.72. The van der Waals surface area contributed by atoms with Crippen molar-refractivity contribution in [3.05, 3.63) is 28.8 Å². The molecule has 0 bridgehead atoms. The van der Waals surface area contributed by atoms with E-state index in [1.165, 1.54) is 12.8 Å². The SMILES string of the molecule is CCOc1ccc(C(N)C2CC2)cc1Cl. The summed E-state index contributed by atoms with van der Waals surface area (Å²) in [5.41, 5.74) is 7.21. The average molecular weight is 226 g/mol. The highest BCUT2D eigenvalue weighted by molar-refractivity contribution is 6.32. The predicted molar refractivity (Wildman–Crippen MR) is 62.3 cm³/mol. The lowest BCUT2D eigenvalue weighted by atomic mass is 10.0. The van der Waals surface area contributed by atoms with Crippen LogP contribution in [-0.4, -0.2) is 6.61 Å². The quantitative estimate of drug-likeness (QED) is 0.855. The first-order valence-corrected chi connectivity index (χ1v) is 5.78. The van der Waals surface area contributed by atoms with Crippen LogP contribution in [0.25, 0.3) is 0 Å². The van der Waals surface area contributed by atoms with Crippen LogP contribution in [0.1, 0.15) is 31.4 Å². The Kier molecular flexibility index (Phi) is 3.17. The zero-order valence-electron chi connectivity index (χ0n) is 8.87. The normalized spacial score (nSPS) is 17.5. The first kappa shape index (κ1) is 10.8. The zero-order chi connectivity index (χ0) is 10.8. The number of halogens is 1. The highest BCUT2D eigenvalue weighted by atomic mass is 35.5. The number of benzene rings is 1. The topological polar surface area (TPSA) is 35.2 Å². The summed E-state index contributed by atoms with van der Waals surface area (Å²) < 4.78 is 5.37. The summed E-state index contributed by atoms with van der Waals surface area (Å²) in [6.45, 7) is 2.58. The minimum Gasteiger partial charge on any atom is -0.492 e. The summed E-state index contributed by atoms with van der Waals surface area (Å²) in [7, 11) is 0. The molecule has 1 fully saturated rings. The Morgan fingerprint density at radius 3 is 2.80 bits per heavy atom. The molecule has 1 aromatic rings. The van der Waals surface area contributed by atoms with Gasteiger partial charge >= 0.3 is 0 Å². The van der Waals surface area contributed by atoms with Gasteiger partial charge in [0.1, 0.15) is 5.75 Å². The van der Waals surface area contributed by atoms with Gasteiger partial charge in [0.2, 0.25) is 0 Å². The molecular formula is C12H16ClNO. The van der Waals surface area contributed by atoms with Crippen LogP contribution < -0.4 is 10.5 Å². The molecule has 3 heteroatoms. The largest absolute Gasteiger partial charge is 0.492 e. The van der Waals surface area contributed by atoms with Gasteiger partial charge in [-0.1, -0.05) is 17.7 Å². The maximum absolute atomic E-state index is 6.10. The van der Waals surface area contributed by atoms with Crippen LogP contribution in [0.3, 0.4) is 0 Å². The van der Waals surface area contributed by atoms with Gasteiger partial charge in [-0.2, -0.15) is 0 Å². The molecular weight excluding hydrogens is 210 g/mol. The van der Waals surface area contributed by atoms with Crippen LogP contribution in [0.4, 0.5) is 0 Å². The first-order valence-electron chi connectivity index (χ1n) is 5.40. The molecule has 0 heterocycles. The summed E-state index contributed by atoms with van der Waals surface area (Å²) in [4.78, 5) is 0. The predicted octanol–water partition coefficient (Wildman–Crippen LogP) is 3.15. The van der Waals surface area contributed by atoms with Crippen molar-refractivity contribution in [2.75, 3.05) is 6.61 Å². The highest BCUT2D eigenvalue weighted by Crippen LogP contribution is 2.40. The summed E-state index contributed by atoms with van der Waals surface area (Å²) in [5, 5.41) is 0.658. The Labute approximate surface area is 95.4 Å². The third-order valence-corrected chi connectivity index (χ3v) is 3.07. The van der Waals surface area contributed by atoms with Crippen LogP contribution in [-0.2, 0) is 0 Å². The molecule has 1 atom stereocenters. The van der Waals surface area contributed by atoms with E-state index >= 15 is 0 Å². The molecule has 1 unspecified atom stereocenters. The third-order valence-electron chi connectivity index (χ3n) is 2.77. The molecule has 0 aliphatic heterocycles. The van der Waals surface area contributed by atoms with E-state index in [1.807, 2.05) is 25.1 Å². The maximum Gasteiger partial charge on any atom is 0.137 e. The van der Waals surface area contributed by atoms with Crippen LogP contribution in [0.5, 0.6) is 5.75 Å². The van der Waals surface area contributed by atoms with Gasteiger partial charge in [0.15, 0.2) is 0 Å². The van der Waals surface area contributed by atoms with Gasteiger partial charge in [0.25, 0.3) is 0 Å². The van der Waals surface area contributed by atoms with E-state index < -0.39 is 0 Å². The molecule has 2 N–H and O–H groups in total. The molecule has 82 valence electrons. The standard InChI is InChI=1S/C12H16ClNO/c1-2-15-11-6-5-9(7-10(11)13)12(14)8-3-4-8/h5-8,12H,2-4,14H2,1H3. The van der Waals surface area contributed by atoms with E-state index in [-0.39, 0.29) is 6.04 Å². The molecule has 2 rings (SSSR count). The minimum atomic E-state index is 0.137. The molecule has 0 saturated heterocycles. The van der Waals surface area contributed by atoms with Gasteiger partial charge in [-0.25, -0.2) is 0 Å². The number of hydrogen-bond donors (Lipinski definition) is 1. The molecule has 1 aliphatic carbocycles. The van der Waals surface area contributed by atoms with Crippen LogP contribution in [0, 0.1) is 5.92 Å². The van der Waals surface area contributed by atoms with Crippen molar-refractivity contribution in [3.8, 4) is 5.75 Å². The Balaban J connectivity index is 2.16. The lowest BCUT2D eigenvalue weighted by molar-refractivity contribution is 0.340. The lowest BCUT2D eigenvalue weighted by Crippen LogP contribution is -2.12. The fourth-order valence-corrected chi connectivity index (χ4v) is 1.97. The summed E-state index contributed by atoms with van der Waals surface area (Å²) in [6, 6.07) is 5.98. The second kappa shape index (κ2) is 4.42. The van der Waals surface area contributed by atoms with Crippen LogP contribution in [0.2, 0.25) is 5.02 Å². The summed E-state index contributed by atoms with van der Waals surface area (Å²) >= 11 is 6.10. The second-order valence-corrected chi connectivity index (χ2v) is 4.39. The lowest BCUT2D eigenvalue weighted by Gasteiger charge is -2.13. The van der Waals surface area contributed by atoms with Gasteiger partial charge < -0.3 is 10.5 Å². The zero-order valence-corrected chi connectivity index (χ0v) is 9.63. The number of hydrogen-bond acceptors (Lipinski definition) is 2. The van der Waals surface area contributed by atoms with Gasteiger partial charge in [-0.15, -0.1) is 0 Å². The molecule has 0 aromatic heterocycles. The van der Waals surface area contributed by atoms with Crippen LogP contribution >= 0.6 is 11.6 Å². The molecule has 0 radical (unpaired) electrons. The second-order valence-electron chi connectivity index (χ2n) is 3.99. The van der Waals surface area contributed by atoms with Gasteiger partial charge in [-0.3, -0.25) is 0 Å². The van der Waals surface area contributed by atoms with Gasteiger partial charge in [-0.05, 0) is 43.4 Å². The van der Waals surface area contributed by atoms with Gasteiger partial charge in [0.05, 0.1) is 11.6 Å². The van der Waals surface area contributed by atoms with E-state index in [2.05, 4.69) is 0 Å². The van der Waals surface area contributed by atoms with Crippen molar-refractivity contribution in [2.45, 2.75) is 25.8 Å². The minimum absolute atomic E-state index is 0.137. The van der Waals surface area contributed by atoms with Crippen molar-refractivity contribution in [2.24, 2.45) is 11.7 Å². The van der Waals surface area contributed by atoms with Crippen molar-refractivity contribution in [1.29, 1.82) is 0 Å². The Morgan fingerprint density at radius 1 is 1.53 bits per heavy atom. The van der Waals surface area contributed by atoms with Crippen molar-refractivity contribution in [1.82, 2.24) is 0 Å². The molecule has 0 amide bonds. The number of rotatable bonds is 4. The molecule has 2 nitrogen and oxygen atoms in total. The van der Waals surface area contributed by atoms with E-state index in [0.717, 1.165) is 11.3 Å². The number of nitrogens with two attached hydrogens (primary N) is 1. The molecule has 1 saturated carbocycles. The average Bonchev–Trinajstić information content (AvgIpc) is 3.04. The first-order chi connectivity index (χ1) is 7.22.